The molecule has 0 N–H and O–H groups in total. The summed E-state index contributed by atoms with van der Waals surface area (Å²) in [5, 5.41) is 19.9. The quantitative estimate of drug-likeness (QED) is 0.616. The van der Waals surface area contributed by atoms with Gasteiger partial charge in [0.15, 0.2) is 0 Å². The summed E-state index contributed by atoms with van der Waals surface area (Å²) in [5.74, 6) is -0.587. The lowest BCUT2D eigenvalue weighted by atomic mass is 10.2. The van der Waals surface area contributed by atoms with Crippen molar-refractivity contribution < 1.29 is 9.31 Å². The maximum absolute atomic E-state index is 13.7. The number of hydrogen-bond donors (Lipinski definition) is 0. The molecule has 2 rings (SSSR count). The monoisotopic (exact) mass is 349 g/mol. The summed E-state index contributed by atoms with van der Waals surface area (Å²) in [6, 6.07) is 10.7. The van der Waals surface area contributed by atoms with E-state index in [0.717, 1.165) is 12.1 Å². The fourth-order valence-corrected chi connectivity index (χ4v) is 2.17. The minimum Gasteiger partial charge on any atom is -0.339 e. The highest BCUT2D eigenvalue weighted by Gasteiger charge is 2.21. The Balaban J connectivity index is 2.51. The molecule has 0 saturated heterocycles. The number of anilines is 2. The highest BCUT2D eigenvalue weighted by Crippen LogP contribution is 2.36. The maximum atomic E-state index is 13.7. The van der Waals surface area contributed by atoms with Gasteiger partial charge in [0.25, 0.3) is 5.69 Å². The van der Waals surface area contributed by atoms with Crippen LogP contribution in [0, 0.1) is 27.3 Å². The van der Waals surface area contributed by atoms with Crippen molar-refractivity contribution in [3.05, 3.63) is 62.4 Å². The van der Waals surface area contributed by atoms with Gasteiger partial charge in [-0.25, -0.2) is 4.39 Å². The summed E-state index contributed by atoms with van der Waals surface area (Å²) < 4.78 is 13.7. The Morgan fingerprint density at radius 1 is 1.33 bits per heavy atom. The molecule has 2 aromatic carbocycles. The summed E-state index contributed by atoms with van der Waals surface area (Å²) in [4.78, 5) is 12.0. The van der Waals surface area contributed by atoms with Crippen LogP contribution in [0.1, 0.15) is 5.56 Å². The predicted octanol–water partition coefficient (Wildman–Crippen LogP) is 4.14. The van der Waals surface area contributed by atoms with Crippen molar-refractivity contribution in [2.45, 2.75) is 0 Å². The van der Waals surface area contributed by atoms with Crippen molar-refractivity contribution in [2.24, 2.45) is 0 Å². The van der Waals surface area contributed by atoms with Gasteiger partial charge in [0.1, 0.15) is 11.5 Å². The number of hydrogen-bond acceptors (Lipinski definition) is 4. The standard InChI is InChI=1S/C14H9BrFN3O2/c1-18(10-4-2-9(8-17)3-5-10)13-7-12(16)11(15)6-14(13)19(20)21/h2-7H,1H3. The van der Waals surface area contributed by atoms with E-state index < -0.39 is 10.7 Å². The summed E-state index contributed by atoms with van der Waals surface area (Å²) in [6.45, 7) is 0. The predicted molar refractivity (Wildman–Crippen MR) is 80.0 cm³/mol. The zero-order chi connectivity index (χ0) is 15.6. The smallest absolute Gasteiger partial charge is 0.294 e. The molecule has 0 fully saturated rings. The fourth-order valence-electron chi connectivity index (χ4n) is 1.84. The molecular formula is C14H9BrFN3O2. The topological polar surface area (TPSA) is 70.2 Å². The molecule has 0 aliphatic carbocycles. The van der Waals surface area contributed by atoms with E-state index in [1.807, 2.05) is 6.07 Å². The number of nitro benzene ring substituents is 1. The zero-order valence-electron chi connectivity index (χ0n) is 10.9. The Morgan fingerprint density at radius 2 is 1.95 bits per heavy atom. The maximum Gasteiger partial charge on any atom is 0.294 e. The minimum atomic E-state index is -0.587. The molecule has 0 radical (unpaired) electrons. The number of nitriles is 1. The van der Waals surface area contributed by atoms with E-state index in [2.05, 4.69) is 15.9 Å². The normalized spacial score (nSPS) is 10.0. The second-order valence-electron chi connectivity index (χ2n) is 4.23. The van der Waals surface area contributed by atoms with Crippen molar-refractivity contribution in [2.75, 3.05) is 11.9 Å². The number of halogens is 2. The van der Waals surface area contributed by atoms with Gasteiger partial charge in [-0.15, -0.1) is 0 Å². The van der Waals surface area contributed by atoms with Crippen molar-refractivity contribution in [3.8, 4) is 6.07 Å². The molecule has 0 saturated carbocycles. The van der Waals surface area contributed by atoms with E-state index in [1.165, 1.54) is 4.90 Å². The van der Waals surface area contributed by atoms with E-state index >= 15 is 0 Å². The second kappa shape index (κ2) is 5.89. The van der Waals surface area contributed by atoms with Gasteiger partial charge in [-0.1, -0.05) is 0 Å². The van der Waals surface area contributed by atoms with Crippen LogP contribution in [0.5, 0.6) is 0 Å². The first kappa shape index (κ1) is 14.9. The molecule has 21 heavy (non-hydrogen) atoms. The van der Waals surface area contributed by atoms with Crippen LogP contribution in [0.4, 0.5) is 21.5 Å². The lowest BCUT2D eigenvalue weighted by Gasteiger charge is -2.19. The third-order valence-corrected chi connectivity index (χ3v) is 3.57. The van der Waals surface area contributed by atoms with Crippen molar-refractivity contribution >= 4 is 33.0 Å². The van der Waals surface area contributed by atoms with Crippen LogP contribution >= 0.6 is 15.9 Å². The van der Waals surface area contributed by atoms with E-state index in [9.17, 15) is 14.5 Å². The number of rotatable bonds is 3. The Bertz CT molecular complexity index is 741. The van der Waals surface area contributed by atoms with Crippen molar-refractivity contribution in [1.82, 2.24) is 0 Å². The molecular weight excluding hydrogens is 341 g/mol. The number of nitrogens with zero attached hydrogens (tertiary/aromatic N) is 3. The SMILES string of the molecule is CN(c1ccc(C#N)cc1)c1cc(F)c(Br)cc1[N+](=O)[O-]. The van der Waals surface area contributed by atoms with Gasteiger partial charge in [-0.3, -0.25) is 10.1 Å². The molecule has 0 bridgehead atoms. The molecule has 0 aliphatic rings. The average Bonchev–Trinajstić information content (AvgIpc) is 2.48. The molecule has 0 aromatic heterocycles. The van der Waals surface area contributed by atoms with Gasteiger partial charge in [-0.2, -0.15) is 5.26 Å². The van der Waals surface area contributed by atoms with Crippen LogP contribution in [0.25, 0.3) is 0 Å². The summed E-state index contributed by atoms with van der Waals surface area (Å²) in [7, 11) is 1.59. The molecule has 7 heteroatoms. The first-order chi connectivity index (χ1) is 9.93. The Hall–Kier alpha value is -2.46. The molecule has 0 amide bonds. The zero-order valence-corrected chi connectivity index (χ0v) is 12.5. The summed E-state index contributed by atoms with van der Waals surface area (Å²) in [5.41, 5.74) is 1.00. The summed E-state index contributed by atoms with van der Waals surface area (Å²) >= 11 is 2.94. The van der Waals surface area contributed by atoms with Crippen LogP contribution < -0.4 is 4.90 Å². The molecule has 0 spiro atoms. The third-order valence-electron chi connectivity index (χ3n) is 2.96. The lowest BCUT2D eigenvalue weighted by molar-refractivity contribution is -0.384. The fraction of sp³-hybridized carbons (Fsp3) is 0.0714. The molecule has 0 atom stereocenters. The molecule has 106 valence electrons. The molecule has 0 unspecified atom stereocenters. The average molecular weight is 350 g/mol. The van der Waals surface area contributed by atoms with Gasteiger partial charge in [0.2, 0.25) is 0 Å². The number of nitro groups is 1. The van der Waals surface area contributed by atoms with Crippen LogP contribution in [0.15, 0.2) is 40.9 Å². The van der Waals surface area contributed by atoms with Gasteiger partial charge < -0.3 is 4.90 Å². The van der Waals surface area contributed by atoms with Gasteiger partial charge >= 0.3 is 0 Å². The molecule has 5 nitrogen and oxygen atoms in total. The Labute approximate surface area is 128 Å². The van der Waals surface area contributed by atoms with E-state index in [0.29, 0.717) is 11.3 Å². The molecule has 0 aliphatic heterocycles. The van der Waals surface area contributed by atoms with E-state index in [4.69, 9.17) is 5.26 Å². The van der Waals surface area contributed by atoms with Crippen molar-refractivity contribution in [3.63, 3.8) is 0 Å². The van der Waals surface area contributed by atoms with Crippen LogP contribution in [-0.4, -0.2) is 12.0 Å². The lowest BCUT2D eigenvalue weighted by Crippen LogP contribution is -2.12. The van der Waals surface area contributed by atoms with E-state index in [1.54, 1.807) is 31.3 Å². The Morgan fingerprint density at radius 3 is 2.48 bits per heavy atom. The van der Waals surface area contributed by atoms with Gasteiger partial charge in [-0.05, 0) is 40.2 Å². The van der Waals surface area contributed by atoms with Gasteiger partial charge in [0, 0.05) is 24.9 Å². The minimum absolute atomic E-state index is 0.0335. The first-order valence-electron chi connectivity index (χ1n) is 5.81. The largest absolute Gasteiger partial charge is 0.339 e. The first-order valence-corrected chi connectivity index (χ1v) is 6.60. The highest BCUT2D eigenvalue weighted by atomic mass is 79.9. The third kappa shape index (κ3) is 3.01. The van der Waals surface area contributed by atoms with Crippen LogP contribution in [0.2, 0.25) is 0 Å². The molecule has 2 aromatic rings. The Kier molecular flexibility index (Phi) is 4.19. The number of benzene rings is 2. The molecule has 0 heterocycles. The summed E-state index contributed by atoms with van der Waals surface area (Å²) in [6.07, 6.45) is 0. The van der Waals surface area contributed by atoms with Crippen LogP contribution in [0.3, 0.4) is 0 Å². The van der Waals surface area contributed by atoms with Crippen molar-refractivity contribution in [1.29, 1.82) is 5.26 Å². The van der Waals surface area contributed by atoms with E-state index in [-0.39, 0.29) is 15.8 Å². The van der Waals surface area contributed by atoms with Gasteiger partial charge in [0.05, 0.1) is 21.0 Å². The van der Waals surface area contributed by atoms with Crippen LogP contribution in [-0.2, 0) is 0 Å². The second-order valence-corrected chi connectivity index (χ2v) is 5.08. The highest BCUT2D eigenvalue weighted by molar-refractivity contribution is 9.10.